The molecule has 0 spiro atoms. The van der Waals surface area contributed by atoms with Crippen LogP contribution in [0, 0.1) is 17.9 Å². The van der Waals surface area contributed by atoms with E-state index in [2.05, 4.69) is 63.3 Å². The van der Waals surface area contributed by atoms with Gasteiger partial charge in [0.25, 0.3) is 0 Å². The Balaban J connectivity index is 1.63. The second-order valence-electron chi connectivity index (χ2n) is 7.71. The molecule has 0 unspecified atom stereocenters. The van der Waals surface area contributed by atoms with Gasteiger partial charge in [-0.2, -0.15) is 5.26 Å². The highest BCUT2D eigenvalue weighted by atomic mass is 32.1. The third kappa shape index (κ3) is 3.11. The summed E-state index contributed by atoms with van der Waals surface area (Å²) >= 11 is 1.73. The Kier molecular flexibility index (Phi) is 4.36. The van der Waals surface area contributed by atoms with Gasteiger partial charge in [0.15, 0.2) is 5.69 Å². The molecule has 0 amide bonds. The quantitative estimate of drug-likeness (QED) is 0.260. The molecule has 152 valence electrons. The lowest BCUT2D eigenvalue weighted by molar-refractivity contribution is 1.31. The summed E-state index contributed by atoms with van der Waals surface area (Å²) in [7, 11) is 0. The minimum atomic E-state index is 0.581. The number of hydrogen-bond donors (Lipinski definition) is 0. The molecule has 0 aliphatic rings. The molecule has 5 heteroatoms. The summed E-state index contributed by atoms with van der Waals surface area (Å²) in [6.45, 7) is 7.36. The Morgan fingerprint density at radius 3 is 2.45 bits per heavy atom. The van der Waals surface area contributed by atoms with Gasteiger partial charge in [0.2, 0.25) is 0 Å². The van der Waals surface area contributed by atoms with Crippen LogP contribution in [0.25, 0.3) is 58.3 Å². The van der Waals surface area contributed by atoms with Crippen molar-refractivity contribution in [1.29, 1.82) is 5.26 Å². The van der Waals surface area contributed by atoms with Crippen molar-refractivity contribution in [3.8, 4) is 28.6 Å². The van der Waals surface area contributed by atoms with E-state index in [0.717, 1.165) is 32.6 Å². The zero-order chi connectivity index (χ0) is 22.4. The molecule has 0 N–H and O–H groups in total. The summed E-state index contributed by atoms with van der Waals surface area (Å²) < 4.78 is 2.33. The van der Waals surface area contributed by atoms with Gasteiger partial charge in [0, 0.05) is 43.7 Å². The van der Waals surface area contributed by atoms with E-state index in [1.165, 1.54) is 20.9 Å². The summed E-state index contributed by atoms with van der Waals surface area (Å²) in [5.74, 6) is 0. The maximum absolute atomic E-state index is 9.23. The second-order valence-corrected chi connectivity index (χ2v) is 8.79. The molecule has 33 heavy (non-hydrogen) atoms. The normalized spacial score (nSPS) is 11.0. The second kappa shape index (κ2) is 7.53. The highest BCUT2D eigenvalue weighted by Crippen LogP contribution is 2.43. The van der Waals surface area contributed by atoms with Gasteiger partial charge < -0.3 is 0 Å². The number of aromatic nitrogens is 2. The molecule has 0 saturated carbocycles. The maximum Gasteiger partial charge on any atom is 0.190 e. The molecule has 4 nitrogen and oxygen atoms in total. The first-order valence-corrected chi connectivity index (χ1v) is 11.2. The van der Waals surface area contributed by atoms with Crippen molar-refractivity contribution < 1.29 is 0 Å². The molecular formula is C28H14N4S. The Hall–Kier alpha value is -4.58. The lowest BCUT2D eigenvalue weighted by Gasteiger charge is -2.09. The SMILES string of the molecule is [C-]#[N+]c1ccnc(-c2cc3sc4cc(-c5cc(C#N)ccn5)ccc4c3c3ccccc23)c1. The molecule has 0 saturated heterocycles. The summed E-state index contributed by atoms with van der Waals surface area (Å²) in [5.41, 5.74) is 4.79. The number of rotatable bonds is 2. The summed E-state index contributed by atoms with van der Waals surface area (Å²) in [6, 6.07) is 26.2. The van der Waals surface area contributed by atoms with Crippen molar-refractivity contribution in [2.45, 2.75) is 0 Å². The van der Waals surface area contributed by atoms with Gasteiger partial charge in [-0.15, -0.1) is 11.3 Å². The smallest absolute Gasteiger partial charge is 0.190 e. The van der Waals surface area contributed by atoms with Gasteiger partial charge in [0.1, 0.15) is 0 Å². The van der Waals surface area contributed by atoms with Crippen molar-refractivity contribution in [3.05, 3.63) is 102 Å². The fourth-order valence-corrected chi connectivity index (χ4v) is 5.51. The van der Waals surface area contributed by atoms with Gasteiger partial charge in [-0.1, -0.05) is 36.4 Å². The number of benzene rings is 3. The zero-order valence-electron chi connectivity index (χ0n) is 17.3. The highest BCUT2D eigenvalue weighted by molar-refractivity contribution is 7.26. The lowest BCUT2D eigenvalue weighted by Crippen LogP contribution is -1.86. The zero-order valence-corrected chi connectivity index (χ0v) is 18.1. The van der Waals surface area contributed by atoms with Crippen LogP contribution < -0.4 is 0 Å². The predicted octanol–water partition coefficient (Wildman–Crippen LogP) is 7.75. The van der Waals surface area contributed by atoms with E-state index in [-0.39, 0.29) is 0 Å². The Morgan fingerprint density at radius 2 is 1.61 bits per heavy atom. The van der Waals surface area contributed by atoms with E-state index in [1.807, 2.05) is 18.2 Å². The van der Waals surface area contributed by atoms with Gasteiger partial charge >= 0.3 is 0 Å². The summed E-state index contributed by atoms with van der Waals surface area (Å²) in [6.07, 6.45) is 3.37. The molecule has 3 heterocycles. The highest BCUT2D eigenvalue weighted by Gasteiger charge is 2.15. The van der Waals surface area contributed by atoms with E-state index in [1.54, 1.807) is 35.9 Å². The predicted molar refractivity (Wildman–Crippen MR) is 134 cm³/mol. The number of hydrogen-bond acceptors (Lipinski definition) is 4. The van der Waals surface area contributed by atoms with E-state index >= 15 is 0 Å². The third-order valence-corrected chi connectivity index (χ3v) is 6.91. The first kappa shape index (κ1) is 19.1. The van der Waals surface area contributed by atoms with Crippen LogP contribution >= 0.6 is 11.3 Å². The van der Waals surface area contributed by atoms with Crippen molar-refractivity contribution in [2.75, 3.05) is 0 Å². The molecular weight excluding hydrogens is 424 g/mol. The average molecular weight is 439 g/mol. The number of nitriles is 1. The molecule has 0 aliphatic carbocycles. The first-order chi connectivity index (χ1) is 16.2. The topological polar surface area (TPSA) is 53.9 Å². The lowest BCUT2D eigenvalue weighted by atomic mass is 9.97. The fourth-order valence-electron chi connectivity index (χ4n) is 4.31. The average Bonchev–Trinajstić information content (AvgIpc) is 3.26. The molecule has 0 bridgehead atoms. The Bertz CT molecular complexity index is 1800. The molecule has 6 rings (SSSR count). The van der Waals surface area contributed by atoms with Gasteiger partial charge in [-0.05, 0) is 47.2 Å². The van der Waals surface area contributed by atoms with Crippen LogP contribution in [-0.2, 0) is 0 Å². The molecule has 3 aromatic carbocycles. The van der Waals surface area contributed by atoms with Crippen LogP contribution in [0.2, 0.25) is 0 Å². The summed E-state index contributed by atoms with van der Waals surface area (Å²) in [4.78, 5) is 12.6. The van der Waals surface area contributed by atoms with E-state index < -0.39 is 0 Å². The van der Waals surface area contributed by atoms with Crippen LogP contribution in [0.5, 0.6) is 0 Å². The minimum absolute atomic E-state index is 0.581. The number of fused-ring (bicyclic) bond motifs is 5. The third-order valence-electron chi connectivity index (χ3n) is 5.81. The minimum Gasteiger partial charge on any atom is -0.259 e. The molecule has 0 radical (unpaired) electrons. The van der Waals surface area contributed by atoms with Crippen LogP contribution in [0.3, 0.4) is 0 Å². The van der Waals surface area contributed by atoms with Crippen LogP contribution in [0.1, 0.15) is 5.56 Å². The van der Waals surface area contributed by atoms with Crippen LogP contribution in [0.4, 0.5) is 5.69 Å². The Morgan fingerprint density at radius 1 is 0.788 bits per heavy atom. The Labute approximate surface area is 193 Å². The van der Waals surface area contributed by atoms with Crippen molar-refractivity contribution in [3.63, 3.8) is 0 Å². The van der Waals surface area contributed by atoms with Gasteiger partial charge in [0.05, 0.1) is 29.6 Å². The standard InChI is InChI=1S/C28H14N4S/c1-30-19-9-11-32-25(14-19)23-15-27-28(21-5-3-2-4-20(21)23)22-7-6-18(13-26(22)33-27)24-12-17(16-29)8-10-31-24/h2-15H. The number of pyridine rings is 2. The molecule has 0 atom stereocenters. The van der Waals surface area contributed by atoms with E-state index in [4.69, 9.17) is 6.57 Å². The van der Waals surface area contributed by atoms with Crippen LogP contribution in [-0.4, -0.2) is 9.97 Å². The molecule has 6 aromatic rings. The van der Waals surface area contributed by atoms with Crippen molar-refractivity contribution in [1.82, 2.24) is 9.97 Å². The van der Waals surface area contributed by atoms with Crippen LogP contribution in [0.15, 0.2) is 85.2 Å². The number of nitrogens with zero attached hydrogens (tertiary/aromatic N) is 4. The first-order valence-electron chi connectivity index (χ1n) is 10.3. The van der Waals surface area contributed by atoms with Gasteiger partial charge in [-0.3, -0.25) is 9.97 Å². The molecule has 0 aliphatic heterocycles. The summed E-state index contributed by atoms with van der Waals surface area (Å²) in [5, 5.41) is 13.9. The van der Waals surface area contributed by atoms with Crippen molar-refractivity contribution in [2.24, 2.45) is 0 Å². The fraction of sp³-hybridized carbons (Fsp3) is 0. The van der Waals surface area contributed by atoms with E-state index in [0.29, 0.717) is 11.3 Å². The largest absolute Gasteiger partial charge is 0.259 e. The van der Waals surface area contributed by atoms with Gasteiger partial charge in [-0.25, -0.2) is 4.85 Å². The van der Waals surface area contributed by atoms with Crippen molar-refractivity contribution >= 4 is 48.0 Å². The molecule has 3 aromatic heterocycles. The molecule has 0 fully saturated rings. The van der Waals surface area contributed by atoms with E-state index in [9.17, 15) is 5.26 Å². The maximum atomic E-state index is 9.23. The monoisotopic (exact) mass is 438 g/mol. The number of thiophene rings is 1.